The highest BCUT2D eigenvalue weighted by atomic mass is 79.9. The highest BCUT2D eigenvalue weighted by Crippen LogP contribution is 2.33. The molecule has 106 valence electrons. The van der Waals surface area contributed by atoms with Crippen molar-refractivity contribution in [2.75, 3.05) is 31.6 Å². The van der Waals surface area contributed by atoms with Crippen molar-refractivity contribution in [3.63, 3.8) is 0 Å². The van der Waals surface area contributed by atoms with Crippen LogP contribution in [0.5, 0.6) is 0 Å². The second kappa shape index (κ2) is 6.11. The van der Waals surface area contributed by atoms with Crippen LogP contribution in [0.1, 0.15) is 5.56 Å². The fourth-order valence-electron chi connectivity index (χ4n) is 1.82. The average molecular weight is 339 g/mol. The summed E-state index contributed by atoms with van der Waals surface area (Å²) in [5, 5.41) is 6.37. The molecule has 1 fully saturated rings. The van der Waals surface area contributed by atoms with E-state index in [4.69, 9.17) is 4.74 Å². The van der Waals surface area contributed by atoms with Gasteiger partial charge in [-0.25, -0.2) is 0 Å². The Labute approximate surface area is 117 Å². The van der Waals surface area contributed by atoms with E-state index in [1.165, 1.54) is 6.07 Å². The summed E-state index contributed by atoms with van der Waals surface area (Å²) in [4.78, 5) is 0. The van der Waals surface area contributed by atoms with E-state index in [0.29, 0.717) is 29.9 Å². The number of alkyl halides is 3. The van der Waals surface area contributed by atoms with Crippen molar-refractivity contribution in [3.8, 4) is 0 Å². The molecule has 1 aromatic rings. The fraction of sp³-hybridized carbons (Fsp3) is 0.500. The summed E-state index contributed by atoms with van der Waals surface area (Å²) in [5.74, 6) is 0. The van der Waals surface area contributed by atoms with Gasteiger partial charge < -0.3 is 15.4 Å². The molecule has 3 nitrogen and oxygen atoms in total. The maximum atomic E-state index is 12.5. The van der Waals surface area contributed by atoms with Crippen LogP contribution >= 0.6 is 15.9 Å². The summed E-state index contributed by atoms with van der Waals surface area (Å²) in [6.07, 6.45) is -4.32. The molecule has 1 heterocycles. The lowest BCUT2D eigenvalue weighted by Gasteiger charge is -2.24. The zero-order chi connectivity index (χ0) is 13.9. The molecular weight excluding hydrogens is 325 g/mol. The quantitative estimate of drug-likeness (QED) is 0.889. The van der Waals surface area contributed by atoms with Gasteiger partial charge in [-0.3, -0.25) is 0 Å². The molecule has 0 saturated carbocycles. The molecule has 0 aromatic heterocycles. The molecule has 1 atom stereocenters. The van der Waals surface area contributed by atoms with Crippen LogP contribution in [0.2, 0.25) is 0 Å². The molecule has 1 aliphatic heterocycles. The topological polar surface area (TPSA) is 33.3 Å². The third-order valence-electron chi connectivity index (χ3n) is 2.83. The number of hydrogen-bond donors (Lipinski definition) is 2. The number of hydrogen-bond acceptors (Lipinski definition) is 3. The van der Waals surface area contributed by atoms with Crippen LogP contribution < -0.4 is 10.6 Å². The molecule has 2 N–H and O–H groups in total. The first-order valence-electron chi connectivity index (χ1n) is 5.88. The molecule has 0 radical (unpaired) electrons. The molecule has 1 aliphatic rings. The van der Waals surface area contributed by atoms with Crippen molar-refractivity contribution in [3.05, 3.63) is 28.2 Å². The van der Waals surface area contributed by atoms with Gasteiger partial charge in [0.15, 0.2) is 0 Å². The molecular formula is C12H14BrF3N2O. The molecule has 0 amide bonds. The Bertz CT molecular complexity index is 433. The smallest absolute Gasteiger partial charge is 0.382 e. The summed E-state index contributed by atoms with van der Waals surface area (Å²) >= 11 is 3.15. The van der Waals surface area contributed by atoms with Crippen molar-refractivity contribution < 1.29 is 17.9 Å². The monoisotopic (exact) mass is 338 g/mol. The van der Waals surface area contributed by atoms with Gasteiger partial charge in [0.25, 0.3) is 0 Å². The van der Waals surface area contributed by atoms with Crippen LogP contribution in [-0.2, 0) is 10.9 Å². The van der Waals surface area contributed by atoms with Crippen LogP contribution in [0, 0.1) is 0 Å². The highest BCUT2D eigenvalue weighted by molar-refractivity contribution is 9.10. The Balaban J connectivity index is 1.97. The SMILES string of the molecule is FC(F)(F)c1ccc(NCC2COCCN2)c(Br)c1. The lowest BCUT2D eigenvalue weighted by molar-refractivity contribution is -0.137. The normalized spacial score (nSPS) is 20.3. The van der Waals surface area contributed by atoms with Crippen molar-refractivity contribution >= 4 is 21.6 Å². The average Bonchev–Trinajstić information content (AvgIpc) is 2.37. The van der Waals surface area contributed by atoms with E-state index in [1.807, 2.05) is 0 Å². The van der Waals surface area contributed by atoms with Gasteiger partial charge in [-0.15, -0.1) is 0 Å². The predicted molar refractivity (Wildman–Crippen MR) is 70.2 cm³/mol. The van der Waals surface area contributed by atoms with Crippen molar-refractivity contribution in [1.29, 1.82) is 0 Å². The Morgan fingerprint density at radius 1 is 1.42 bits per heavy atom. The minimum Gasteiger partial charge on any atom is -0.382 e. The number of ether oxygens (including phenoxy) is 1. The van der Waals surface area contributed by atoms with E-state index in [2.05, 4.69) is 26.6 Å². The van der Waals surface area contributed by atoms with Gasteiger partial charge in [0.2, 0.25) is 0 Å². The second-order valence-corrected chi connectivity index (χ2v) is 5.15. The lowest BCUT2D eigenvalue weighted by Crippen LogP contribution is -2.45. The van der Waals surface area contributed by atoms with Crippen molar-refractivity contribution in [2.45, 2.75) is 12.2 Å². The lowest BCUT2D eigenvalue weighted by atomic mass is 10.2. The Morgan fingerprint density at radius 3 is 2.79 bits per heavy atom. The van der Waals surface area contributed by atoms with E-state index in [-0.39, 0.29) is 6.04 Å². The first kappa shape index (κ1) is 14.6. The van der Waals surface area contributed by atoms with Crippen LogP contribution in [0.4, 0.5) is 18.9 Å². The summed E-state index contributed by atoms with van der Waals surface area (Å²) < 4.78 is 43.2. The molecule has 19 heavy (non-hydrogen) atoms. The van der Waals surface area contributed by atoms with E-state index in [0.717, 1.165) is 18.7 Å². The number of anilines is 1. The Kier molecular flexibility index (Phi) is 4.70. The van der Waals surface area contributed by atoms with E-state index in [1.54, 1.807) is 0 Å². The van der Waals surface area contributed by atoms with Gasteiger partial charge in [-0.05, 0) is 34.1 Å². The minimum atomic E-state index is -4.32. The number of benzene rings is 1. The largest absolute Gasteiger partial charge is 0.416 e. The van der Waals surface area contributed by atoms with Gasteiger partial charge >= 0.3 is 6.18 Å². The number of nitrogens with one attached hydrogen (secondary N) is 2. The fourth-order valence-corrected chi connectivity index (χ4v) is 2.34. The van der Waals surface area contributed by atoms with Crippen LogP contribution in [0.25, 0.3) is 0 Å². The van der Waals surface area contributed by atoms with Gasteiger partial charge in [0, 0.05) is 29.3 Å². The number of rotatable bonds is 3. The number of halogens is 4. The van der Waals surface area contributed by atoms with Crippen molar-refractivity contribution in [2.24, 2.45) is 0 Å². The minimum absolute atomic E-state index is 0.169. The van der Waals surface area contributed by atoms with E-state index < -0.39 is 11.7 Å². The zero-order valence-corrected chi connectivity index (χ0v) is 11.6. The first-order chi connectivity index (χ1) is 8.97. The maximum Gasteiger partial charge on any atom is 0.416 e. The molecule has 1 saturated heterocycles. The highest BCUT2D eigenvalue weighted by Gasteiger charge is 2.30. The predicted octanol–water partition coefficient (Wildman–Crippen LogP) is 2.87. The standard InChI is InChI=1S/C12H14BrF3N2O/c13-10-5-8(12(14,15)16)1-2-11(10)18-6-9-7-19-4-3-17-9/h1-2,5,9,17-18H,3-4,6-7H2. The first-order valence-corrected chi connectivity index (χ1v) is 6.68. The van der Waals surface area contributed by atoms with Gasteiger partial charge in [0.05, 0.1) is 18.8 Å². The summed E-state index contributed by atoms with van der Waals surface area (Å²) in [6.45, 7) is 2.69. The maximum absolute atomic E-state index is 12.5. The van der Waals surface area contributed by atoms with Crippen LogP contribution in [-0.4, -0.2) is 32.3 Å². The van der Waals surface area contributed by atoms with Gasteiger partial charge in [0.1, 0.15) is 0 Å². The summed E-state index contributed by atoms with van der Waals surface area (Å²) in [6, 6.07) is 3.74. The Morgan fingerprint density at radius 2 is 2.21 bits per heavy atom. The molecule has 2 rings (SSSR count). The molecule has 0 bridgehead atoms. The van der Waals surface area contributed by atoms with Gasteiger partial charge in [-0.1, -0.05) is 0 Å². The Hall–Kier alpha value is -0.790. The third-order valence-corrected chi connectivity index (χ3v) is 3.49. The van der Waals surface area contributed by atoms with Crippen LogP contribution in [0.3, 0.4) is 0 Å². The summed E-state index contributed by atoms with van der Waals surface area (Å²) in [5.41, 5.74) is -0.0237. The molecule has 7 heteroatoms. The molecule has 0 spiro atoms. The van der Waals surface area contributed by atoms with E-state index in [9.17, 15) is 13.2 Å². The molecule has 1 unspecified atom stereocenters. The van der Waals surface area contributed by atoms with Crippen LogP contribution in [0.15, 0.2) is 22.7 Å². The van der Waals surface area contributed by atoms with Gasteiger partial charge in [-0.2, -0.15) is 13.2 Å². The van der Waals surface area contributed by atoms with Crippen molar-refractivity contribution in [1.82, 2.24) is 5.32 Å². The summed E-state index contributed by atoms with van der Waals surface area (Å²) in [7, 11) is 0. The third kappa shape index (κ3) is 4.09. The van der Waals surface area contributed by atoms with E-state index >= 15 is 0 Å². The molecule has 0 aliphatic carbocycles. The zero-order valence-electron chi connectivity index (χ0n) is 10.1. The molecule has 1 aromatic carbocycles. The number of morpholine rings is 1. The second-order valence-electron chi connectivity index (χ2n) is 4.30.